The Hall–Kier alpha value is -1.89. The first-order valence-corrected chi connectivity index (χ1v) is 6.68. The summed E-state index contributed by atoms with van der Waals surface area (Å²) in [5, 5.41) is 7.19. The number of nitrogens with one attached hydrogen (secondary N) is 1. The largest absolute Gasteiger partial charge is 0.375 e. The number of carbonyl (C=O) groups is 1. The van der Waals surface area contributed by atoms with Crippen LogP contribution >= 0.6 is 11.3 Å². The van der Waals surface area contributed by atoms with E-state index in [1.165, 1.54) is 11.3 Å². The monoisotopic (exact) mass is 280 g/mol. The average molecular weight is 280 g/mol. The summed E-state index contributed by atoms with van der Waals surface area (Å²) in [6, 6.07) is -0.179. The summed E-state index contributed by atoms with van der Waals surface area (Å²) in [5.41, 5.74) is 7.93. The Morgan fingerprint density at radius 2 is 2.05 bits per heavy atom. The number of carbonyl (C=O) groups excluding carboxylic acids is 1. The lowest BCUT2D eigenvalue weighted by molar-refractivity contribution is 0.0943. The van der Waals surface area contributed by atoms with Crippen LogP contribution in [0.25, 0.3) is 0 Å². The third-order valence-electron chi connectivity index (χ3n) is 2.89. The number of nitrogen functional groups attached to an aromatic ring is 1. The molecule has 2 rings (SSSR count). The van der Waals surface area contributed by atoms with Gasteiger partial charge in [0, 0.05) is 5.56 Å². The van der Waals surface area contributed by atoms with Crippen molar-refractivity contribution in [2.75, 3.05) is 5.73 Å². The smallest absolute Gasteiger partial charge is 0.263 e. The van der Waals surface area contributed by atoms with Gasteiger partial charge in [-0.2, -0.15) is 0 Å². The van der Waals surface area contributed by atoms with Gasteiger partial charge in [-0.3, -0.25) is 4.79 Å². The van der Waals surface area contributed by atoms with E-state index < -0.39 is 0 Å². The molecule has 102 valence electrons. The molecule has 2 aromatic rings. The number of hydrogen-bond acceptors (Lipinski definition) is 6. The number of thiazole rings is 1. The van der Waals surface area contributed by atoms with E-state index in [2.05, 4.69) is 15.5 Å². The summed E-state index contributed by atoms with van der Waals surface area (Å²) in [7, 11) is 0. The standard InChI is InChI=1S/C12H16N4O2S/c1-5(9-6(2)16-18-8(9)4)14-11(17)10-7(3)15-12(13)19-10/h5H,1-4H3,(H2,13,15)(H,14,17). The Morgan fingerprint density at radius 3 is 2.53 bits per heavy atom. The average Bonchev–Trinajstić information content (AvgIpc) is 2.81. The van der Waals surface area contributed by atoms with Gasteiger partial charge in [0.2, 0.25) is 0 Å². The highest BCUT2D eigenvalue weighted by atomic mass is 32.1. The van der Waals surface area contributed by atoms with E-state index in [-0.39, 0.29) is 11.9 Å². The molecule has 0 saturated heterocycles. The van der Waals surface area contributed by atoms with Crippen molar-refractivity contribution in [2.24, 2.45) is 0 Å². The predicted molar refractivity (Wildman–Crippen MR) is 73.1 cm³/mol. The van der Waals surface area contributed by atoms with Crippen LogP contribution in [0.5, 0.6) is 0 Å². The Bertz CT molecular complexity index is 598. The first kappa shape index (κ1) is 13.5. The molecule has 0 aliphatic heterocycles. The Balaban J connectivity index is 2.18. The van der Waals surface area contributed by atoms with E-state index in [1.54, 1.807) is 6.92 Å². The summed E-state index contributed by atoms with van der Waals surface area (Å²) in [6.45, 7) is 7.34. The molecule has 0 bridgehead atoms. The molecular weight excluding hydrogens is 264 g/mol. The van der Waals surface area contributed by atoms with E-state index in [1.807, 2.05) is 20.8 Å². The van der Waals surface area contributed by atoms with Gasteiger partial charge in [-0.25, -0.2) is 4.98 Å². The normalized spacial score (nSPS) is 12.4. The third-order valence-corrected chi connectivity index (χ3v) is 3.87. The maximum atomic E-state index is 12.2. The van der Waals surface area contributed by atoms with Gasteiger partial charge in [0.25, 0.3) is 5.91 Å². The van der Waals surface area contributed by atoms with Gasteiger partial charge in [-0.15, -0.1) is 0 Å². The molecule has 0 aliphatic carbocycles. The number of rotatable bonds is 3. The Kier molecular flexibility index (Phi) is 3.57. The Labute approximate surface area is 115 Å². The molecule has 2 heterocycles. The van der Waals surface area contributed by atoms with Crippen molar-refractivity contribution in [3.63, 3.8) is 0 Å². The molecule has 19 heavy (non-hydrogen) atoms. The highest BCUT2D eigenvalue weighted by molar-refractivity contribution is 7.17. The van der Waals surface area contributed by atoms with Crippen molar-refractivity contribution in [1.29, 1.82) is 0 Å². The summed E-state index contributed by atoms with van der Waals surface area (Å²) < 4.78 is 5.10. The van der Waals surface area contributed by atoms with E-state index in [9.17, 15) is 4.79 Å². The molecule has 0 spiro atoms. The van der Waals surface area contributed by atoms with Crippen molar-refractivity contribution in [1.82, 2.24) is 15.5 Å². The number of aromatic nitrogens is 2. The zero-order valence-electron chi connectivity index (χ0n) is 11.3. The molecule has 2 aromatic heterocycles. The SMILES string of the molecule is Cc1nc(N)sc1C(=O)NC(C)c1c(C)noc1C. The molecule has 6 nitrogen and oxygen atoms in total. The first-order valence-electron chi connectivity index (χ1n) is 5.86. The second kappa shape index (κ2) is 5.00. The minimum atomic E-state index is -0.181. The van der Waals surface area contributed by atoms with Crippen molar-refractivity contribution in [3.05, 3.63) is 27.6 Å². The molecule has 3 N–H and O–H groups in total. The molecule has 1 atom stereocenters. The van der Waals surface area contributed by atoms with Crippen molar-refractivity contribution < 1.29 is 9.32 Å². The van der Waals surface area contributed by atoms with Gasteiger partial charge in [0.1, 0.15) is 10.6 Å². The van der Waals surface area contributed by atoms with Crippen molar-refractivity contribution in [3.8, 4) is 0 Å². The van der Waals surface area contributed by atoms with E-state index in [0.717, 1.165) is 11.3 Å². The van der Waals surface area contributed by atoms with Crippen molar-refractivity contribution >= 4 is 22.4 Å². The summed E-state index contributed by atoms with van der Waals surface area (Å²) in [6.07, 6.45) is 0. The summed E-state index contributed by atoms with van der Waals surface area (Å²) in [4.78, 5) is 16.7. The minimum Gasteiger partial charge on any atom is -0.375 e. The number of aryl methyl sites for hydroxylation is 3. The lowest BCUT2D eigenvalue weighted by Gasteiger charge is -2.13. The fourth-order valence-electron chi connectivity index (χ4n) is 2.07. The van der Waals surface area contributed by atoms with Crippen LogP contribution in [0, 0.1) is 20.8 Å². The molecule has 0 radical (unpaired) electrons. The highest BCUT2D eigenvalue weighted by Crippen LogP contribution is 2.23. The number of hydrogen-bond donors (Lipinski definition) is 2. The second-order valence-electron chi connectivity index (χ2n) is 4.40. The van der Waals surface area contributed by atoms with E-state index in [0.29, 0.717) is 21.5 Å². The molecule has 7 heteroatoms. The third kappa shape index (κ3) is 2.60. The van der Waals surface area contributed by atoms with Crippen LogP contribution < -0.4 is 11.1 Å². The molecule has 0 aromatic carbocycles. The van der Waals surface area contributed by atoms with Gasteiger partial charge in [-0.1, -0.05) is 16.5 Å². The lowest BCUT2D eigenvalue weighted by atomic mass is 10.1. The zero-order chi connectivity index (χ0) is 14.2. The van der Waals surface area contributed by atoms with Gasteiger partial charge in [-0.05, 0) is 27.7 Å². The zero-order valence-corrected chi connectivity index (χ0v) is 12.1. The summed E-state index contributed by atoms with van der Waals surface area (Å²) in [5.74, 6) is 0.532. The maximum Gasteiger partial charge on any atom is 0.263 e. The molecular formula is C12H16N4O2S. The predicted octanol–water partition coefficient (Wildman–Crippen LogP) is 2.13. The van der Waals surface area contributed by atoms with E-state index in [4.69, 9.17) is 10.3 Å². The van der Waals surface area contributed by atoms with Gasteiger partial charge < -0.3 is 15.6 Å². The van der Waals surface area contributed by atoms with Gasteiger partial charge in [0.05, 0.1) is 17.4 Å². The van der Waals surface area contributed by atoms with Crippen molar-refractivity contribution in [2.45, 2.75) is 33.7 Å². The number of nitrogens with zero attached hydrogens (tertiary/aromatic N) is 2. The van der Waals surface area contributed by atoms with Crippen LogP contribution in [0.15, 0.2) is 4.52 Å². The van der Waals surface area contributed by atoms with Crippen LogP contribution in [0.2, 0.25) is 0 Å². The quantitative estimate of drug-likeness (QED) is 0.898. The second-order valence-corrected chi connectivity index (χ2v) is 5.43. The van der Waals surface area contributed by atoms with Crippen LogP contribution in [0.4, 0.5) is 5.13 Å². The Morgan fingerprint density at radius 1 is 1.37 bits per heavy atom. The minimum absolute atomic E-state index is 0.179. The van der Waals surface area contributed by atoms with E-state index >= 15 is 0 Å². The molecule has 0 aliphatic rings. The topological polar surface area (TPSA) is 94.0 Å². The first-order chi connectivity index (χ1) is 8.90. The van der Waals surface area contributed by atoms with Crippen LogP contribution in [-0.2, 0) is 0 Å². The van der Waals surface area contributed by atoms with Gasteiger partial charge in [0.15, 0.2) is 5.13 Å². The van der Waals surface area contributed by atoms with Crippen LogP contribution in [0.3, 0.4) is 0 Å². The number of anilines is 1. The van der Waals surface area contributed by atoms with Gasteiger partial charge >= 0.3 is 0 Å². The maximum absolute atomic E-state index is 12.2. The number of nitrogens with two attached hydrogens (primary N) is 1. The fourth-order valence-corrected chi connectivity index (χ4v) is 2.81. The van der Waals surface area contributed by atoms with Crippen LogP contribution in [0.1, 0.15) is 45.3 Å². The number of amides is 1. The molecule has 0 saturated carbocycles. The lowest BCUT2D eigenvalue weighted by Crippen LogP contribution is -2.27. The molecule has 1 unspecified atom stereocenters. The molecule has 1 amide bonds. The van der Waals surface area contributed by atoms with Crippen LogP contribution in [-0.4, -0.2) is 16.0 Å². The fraction of sp³-hybridized carbons (Fsp3) is 0.417. The molecule has 0 fully saturated rings. The summed E-state index contributed by atoms with van der Waals surface area (Å²) >= 11 is 1.19. The highest BCUT2D eigenvalue weighted by Gasteiger charge is 2.21.